The third-order valence-electron chi connectivity index (χ3n) is 3.34. The molecule has 1 amide bonds. The fraction of sp³-hybridized carbons (Fsp3) is 0.500. The van der Waals surface area contributed by atoms with Crippen LogP contribution in [0.3, 0.4) is 0 Å². The summed E-state index contributed by atoms with van der Waals surface area (Å²) < 4.78 is 10.3. The maximum atomic E-state index is 11.5. The van der Waals surface area contributed by atoms with Gasteiger partial charge in [-0.05, 0) is 64.1 Å². The van der Waals surface area contributed by atoms with Crippen LogP contribution in [0.1, 0.15) is 33.3 Å². The number of carbonyl (C=O) groups excluding carboxylic acids is 1. The summed E-state index contributed by atoms with van der Waals surface area (Å²) in [7, 11) is 0. The van der Waals surface area contributed by atoms with E-state index in [2.05, 4.69) is 4.99 Å². The van der Waals surface area contributed by atoms with E-state index in [4.69, 9.17) is 15.2 Å². The molecule has 0 aliphatic carbocycles. The highest BCUT2D eigenvalue weighted by atomic mass is 16.6. The van der Waals surface area contributed by atoms with Crippen LogP contribution in [-0.4, -0.2) is 49.1 Å². The number of hydrogen-bond acceptors (Lipinski definition) is 5. The van der Waals surface area contributed by atoms with Crippen molar-refractivity contribution in [2.75, 3.05) is 26.3 Å². The van der Waals surface area contributed by atoms with Crippen molar-refractivity contribution >= 4 is 18.0 Å². The number of ether oxygens (including phenoxy) is 2. The van der Waals surface area contributed by atoms with E-state index in [-0.39, 0.29) is 6.09 Å². The molecule has 0 atom stereocenters. The summed E-state index contributed by atoms with van der Waals surface area (Å²) >= 11 is 0. The fourth-order valence-corrected chi connectivity index (χ4v) is 2.00. The highest BCUT2D eigenvalue weighted by Crippen LogP contribution is 2.13. The van der Waals surface area contributed by atoms with Gasteiger partial charge in [0.05, 0.1) is 18.9 Å². The Morgan fingerprint density at radius 1 is 1.31 bits per heavy atom. The largest absolute Gasteiger partial charge is 0.444 e. The Morgan fingerprint density at radius 2 is 1.96 bits per heavy atom. The lowest BCUT2D eigenvalue weighted by molar-refractivity contribution is -0.00677. The van der Waals surface area contributed by atoms with Crippen LogP contribution in [0.25, 0.3) is 0 Å². The van der Waals surface area contributed by atoms with E-state index >= 15 is 0 Å². The highest BCUT2D eigenvalue weighted by molar-refractivity contribution is 5.80. The molecule has 6 nitrogen and oxygen atoms in total. The number of amides is 1. The minimum Gasteiger partial charge on any atom is -0.444 e. The summed E-state index contributed by atoms with van der Waals surface area (Å²) in [5, 5.41) is 0. The standard InChI is InChI=1S/C11H14N2.C9H17NO3/c1-9-4-3-5-11(6-9)13-8-10(2)7-12;1-9(2,3)13-8(11)10-4-6-12-7-5-10/h3-8H,12H2,1-2H3;4-7H2,1-3H3/b10-7-,13-8?;. The predicted molar refractivity (Wildman–Crippen MR) is 106 cm³/mol. The van der Waals surface area contributed by atoms with Crippen molar-refractivity contribution in [2.24, 2.45) is 10.7 Å². The lowest BCUT2D eigenvalue weighted by atomic mass is 10.2. The lowest BCUT2D eigenvalue weighted by Gasteiger charge is -2.29. The van der Waals surface area contributed by atoms with Gasteiger partial charge in [0.15, 0.2) is 0 Å². The molecular formula is C20H31N3O3. The zero-order valence-corrected chi connectivity index (χ0v) is 16.5. The normalized spacial score (nSPS) is 15.4. The summed E-state index contributed by atoms with van der Waals surface area (Å²) in [4.78, 5) is 17.4. The molecule has 26 heavy (non-hydrogen) atoms. The Morgan fingerprint density at radius 3 is 2.50 bits per heavy atom. The maximum absolute atomic E-state index is 11.5. The summed E-state index contributed by atoms with van der Waals surface area (Å²) in [6.45, 7) is 12.0. The molecule has 1 saturated heterocycles. The van der Waals surface area contributed by atoms with Crippen LogP contribution in [0, 0.1) is 6.92 Å². The number of carbonyl (C=O) groups is 1. The first kappa shape index (κ1) is 21.7. The number of aliphatic imine (C=N–C) groups is 1. The van der Waals surface area contributed by atoms with Crippen LogP contribution in [0.2, 0.25) is 0 Å². The topological polar surface area (TPSA) is 77.2 Å². The van der Waals surface area contributed by atoms with Gasteiger partial charge < -0.3 is 20.1 Å². The molecule has 6 heteroatoms. The van der Waals surface area contributed by atoms with Gasteiger partial charge in [0.2, 0.25) is 0 Å². The minimum absolute atomic E-state index is 0.240. The molecular weight excluding hydrogens is 330 g/mol. The van der Waals surface area contributed by atoms with Crippen molar-refractivity contribution in [1.29, 1.82) is 0 Å². The average molecular weight is 361 g/mol. The Bertz CT molecular complexity index is 627. The minimum atomic E-state index is -0.407. The fourth-order valence-electron chi connectivity index (χ4n) is 2.00. The number of morpholine rings is 1. The van der Waals surface area contributed by atoms with Crippen LogP contribution in [0.15, 0.2) is 41.0 Å². The molecule has 1 aliphatic heterocycles. The summed E-state index contributed by atoms with van der Waals surface area (Å²) in [5.74, 6) is 0. The quantitative estimate of drug-likeness (QED) is 0.813. The first-order valence-corrected chi connectivity index (χ1v) is 8.76. The Hall–Kier alpha value is -2.34. The molecule has 0 bridgehead atoms. The van der Waals surface area contributed by atoms with Gasteiger partial charge >= 0.3 is 6.09 Å². The second kappa shape index (κ2) is 10.6. The highest BCUT2D eigenvalue weighted by Gasteiger charge is 2.23. The van der Waals surface area contributed by atoms with Crippen molar-refractivity contribution in [2.45, 2.75) is 40.2 Å². The van der Waals surface area contributed by atoms with E-state index in [1.807, 2.05) is 58.9 Å². The Balaban J connectivity index is 0.000000260. The van der Waals surface area contributed by atoms with Crippen molar-refractivity contribution in [3.8, 4) is 0 Å². The van der Waals surface area contributed by atoms with Gasteiger partial charge in [-0.15, -0.1) is 0 Å². The molecule has 2 N–H and O–H groups in total. The molecule has 1 fully saturated rings. The number of hydrogen-bond donors (Lipinski definition) is 1. The molecule has 2 rings (SSSR count). The zero-order chi connectivity index (χ0) is 19.6. The molecule has 0 spiro atoms. The van der Waals surface area contributed by atoms with Crippen molar-refractivity contribution in [3.05, 3.63) is 41.6 Å². The van der Waals surface area contributed by atoms with E-state index in [1.54, 1.807) is 17.3 Å². The smallest absolute Gasteiger partial charge is 0.410 e. The summed E-state index contributed by atoms with van der Waals surface area (Å²) in [6, 6.07) is 8.03. The second-order valence-corrected chi connectivity index (χ2v) is 7.09. The van der Waals surface area contributed by atoms with Crippen molar-refractivity contribution in [3.63, 3.8) is 0 Å². The number of benzene rings is 1. The van der Waals surface area contributed by atoms with E-state index in [1.165, 1.54) is 5.56 Å². The molecule has 0 unspecified atom stereocenters. The van der Waals surface area contributed by atoms with E-state index in [9.17, 15) is 4.79 Å². The molecule has 1 aliphatic rings. The van der Waals surface area contributed by atoms with Crippen LogP contribution in [0.5, 0.6) is 0 Å². The molecule has 144 valence electrons. The van der Waals surface area contributed by atoms with E-state index in [0.29, 0.717) is 26.3 Å². The van der Waals surface area contributed by atoms with Crippen LogP contribution < -0.4 is 5.73 Å². The van der Waals surface area contributed by atoms with Gasteiger partial charge in [-0.2, -0.15) is 0 Å². The van der Waals surface area contributed by atoms with Crippen LogP contribution >= 0.6 is 0 Å². The molecule has 1 aromatic rings. The van der Waals surface area contributed by atoms with Gasteiger partial charge in [-0.1, -0.05) is 12.1 Å². The number of allylic oxidation sites excluding steroid dienone is 1. The summed E-state index contributed by atoms with van der Waals surface area (Å²) in [6.07, 6.45) is 3.06. The van der Waals surface area contributed by atoms with Gasteiger partial charge in [0, 0.05) is 19.3 Å². The van der Waals surface area contributed by atoms with E-state index < -0.39 is 5.60 Å². The SMILES string of the molecule is C/C(C=Nc1cccc(C)c1)=C/N.CC(C)(C)OC(=O)N1CCOCC1. The van der Waals surface area contributed by atoms with Crippen molar-refractivity contribution in [1.82, 2.24) is 4.90 Å². The molecule has 0 radical (unpaired) electrons. The van der Waals surface area contributed by atoms with Gasteiger partial charge in [-0.25, -0.2) is 4.79 Å². The van der Waals surface area contributed by atoms with Gasteiger partial charge in [0.1, 0.15) is 5.60 Å². The maximum Gasteiger partial charge on any atom is 0.410 e. The first-order valence-electron chi connectivity index (χ1n) is 8.76. The van der Waals surface area contributed by atoms with E-state index in [0.717, 1.165) is 11.3 Å². The number of aryl methyl sites for hydroxylation is 1. The number of nitrogens with two attached hydrogens (primary N) is 1. The van der Waals surface area contributed by atoms with Crippen molar-refractivity contribution < 1.29 is 14.3 Å². The van der Waals surface area contributed by atoms with Crippen LogP contribution in [-0.2, 0) is 9.47 Å². The third kappa shape index (κ3) is 9.22. The summed E-state index contributed by atoms with van der Waals surface area (Å²) in [5.41, 5.74) is 8.04. The van der Waals surface area contributed by atoms with Crippen LogP contribution in [0.4, 0.5) is 10.5 Å². The third-order valence-corrected chi connectivity index (χ3v) is 3.34. The Labute approximate surface area is 156 Å². The Kier molecular flexibility index (Phi) is 8.85. The molecule has 1 aromatic carbocycles. The number of nitrogens with zero attached hydrogens (tertiary/aromatic N) is 2. The average Bonchev–Trinajstić information content (AvgIpc) is 2.59. The molecule has 0 aromatic heterocycles. The predicted octanol–water partition coefficient (Wildman–Crippen LogP) is 3.81. The second-order valence-electron chi connectivity index (χ2n) is 7.09. The van der Waals surface area contributed by atoms with Gasteiger partial charge in [0.25, 0.3) is 0 Å². The zero-order valence-electron chi connectivity index (χ0n) is 16.5. The number of rotatable bonds is 2. The first-order chi connectivity index (χ1) is 12.2. The lowest BCUT2D eigenvalue weighted by Crippen LogP contribution is -2.43. The molecule has 0 saturated carbocycles. The molecule has 1 heterocycles. The monoisotopic (exact) mass is 361 g/mol. The van der Waals surface area contributed by atoms with Gasteiger partial charge in [-0.3, -0.25) is 4.99 Å².